The van der Waals surface area contributed by atoms with Gasteiger partial charge in [0.1, 0.15) is 0 Å². The number of amides is 1. The van der Waals surface area contributed by atoms with Crippen molar-refractivity contribution in [1.29, 1.82) is 0 Å². The third-order valence-electron chi connectivity index (χ3n) is 4.45. The van der Waals surface area contributed by atoms with Crippen LogP contribution in [0, 0.1) is 0 Å². The maximum Gasteiger partial charge on any atom is 0.276 e. The van der Waals surface area contributed by atoms with E-state index >= 15 is 0 Å². The van der Waals surface area contributed by atoms with Gasteiger partial charge in [0.15, 0.2) is 5.60 Å². The van der Waals surface area contributed by atoms with Crippen LogP contribution in [0.2, 0.25) is 0 Å². The number of hydrogen-bond acceptors (Lipinski definition) is 6. The number of methoxy groups -OCH3 is 1. The minimum Gasteiger partial charge on any atom is -0.383 e. The van der Waals surface area contributed by atoms with Crippen LogP contribution in [0.25, 0.3) is 0 Å². The van der Waals surface area contributed by atoms with Gasteiger partial charge in [0.2, 0.25) is 0 Å². The molecule has 0 aliphatic carbocycles. The van der Waals surface area contributed by atoms with E-state index in [9.17, 15) is 18.3 Å². The molecule has 2 rings (SSSR count). The van der Waals surface area contributed by atoms with Gasteiger partial charge in [-0.05, 0) is 12.8 Å². The number of aliphatic hydroxyl groups is 1. The number of nitrogens with zero attached hydrogens (tertiary/aromatic N) is 3. The highest BCUT2D eigenvalue weighted by Crippen LogP contribution is 2.24. The van der Waals surface area contributed by atoms with Crippen molar-refractivity contribution in [2.75, 3.05) is 59.5 Å². The van der Waals surface area contributed by atoms with Gasteiger partial charge in [0, 0.05) is 52.9 Å². The maximum atomic E-state index is 12.5. The zero-order valence-corrected chi connectivity index (χ0v) is 14.3. The van der Waals surface area contributed by atoms with Gasteiger partial charge in [0.05, 0.1) is 6.61 Å². The fourth-order valence-corrected chi connectivity index (χ4v) is 3.81. The zero-order chi connectivity index (χ0) is 17.1. The molecule has 23 heavy (non-hydrogen) atoms. The summed E-state index contributed by atoms with van der Waals surface area (Å²) in [6.07, 6.45) is 1.16. The molecule has 0 aromatic heterocycles. The lowest BCUT2D eigenvalue weighted by Gasteiger charge is -2.42. The fourth-order valence-electron chi connectivity index (χ4n) is 3.14. The van der Waals surface area contributed by atoms with Gasteiger partial charge in [-0.1, -0.05) is 0 Å². The summed E-state index contributed by atoms with van der Waals surface area (Å²) in [7, 11) is -2.10. The van der Waals surface area contributed by atoms with Crippen LogP contribution in [-0.4, -0.2) is 98.7 Å². The second kappa shape index (κ2) is 7.41. The summed E-state index contributed by atoms with van der Waals surface area (Å²) in [5.74, 6) is -0.269. The monoisotopic (exact) mass is 350 g/mol. The van der Waals surface area contributed by atoms with Crippen molar-refractivity contribution in [3.8, 4) is 0 Å². The van der Waals surface area contributed by atoms with E-state index in [1.165, 1.54) is 4.31 Å². The molecule has 9 nitrogen and oxygen atoms in total. The van der Waals surface area contributed by atoms with E-state index in [1.54, 1.807) is 12.0 Å². The molecule has 2 fully saturated rings. The number of piperidine rings is 1. The summed E-state index contributed by atoms with van der Waals surface area (Å²) in [4.78, 5) is 16.1. The van der Waals surface area contributed by atoms with Crippen LogP contribution in [0.5, 0.6) is 0 Å². The van der Waals surface area contributed by atoms with Gasteiger partial charge in [-0.2, -0.15) is 12.7 Å². The van der Waals surface area contributed by atoms with Crippen molar-refractivity contribution in [2.24, 2.45) is 5.14 Å². The Morgan fingerprint density at radius 1 is 1.26 bits per heavy atom. The van der Waals surface area contributed by atoms with Crippen LogP contribution in [0.4, 0.5) is 0 Å². The van der Waals surface area contributed by atoms with Crippen LogP contribution in [0.15, 0.2) is 0 Å². The van der Waals surface area contributed by atoms with Gasteiger partial charge < -0.3 is 14.7 Å². The standard InChI is InChI=1S/C13H26N4O5S/c1-22-10-9-16-4-2-3-13(19,12(16)18)11-15-5-7-17(8-6-15)23(14,20)21/h19H,2-11H2,1H3,(H2,14,20,21)/t13-/m1/s1. The molecule has 0 radical (unpaired) electrons. The predicted molar refractivity (Wildman–Crippen MR) is 83.8 cm³/mol. The molecule has 0 spiro atoms. The summed E-state index contributed by atoms with van der Waals surface area (Å²) < 4.78 is 28.8. The molecule has 2 aliphatic rings. The molecule has 3 N–H and O–H groups in total. The van der Waals surface area contributed by atoms with Crippen LogP contribution in [0.1, 0.15) is 12.8 Å². The Morgan fingerprint density at radius 3 is 2.48 bits per heavy atom. The van der Waals surface area contributed by atoms with E-state index in [0.29, 0.717) is 39.2 Å². The highest BCUT2D eigenvalue weighted by Gasteiger charge is 2.43. The SMILES string of the molecule is COCCN1CCC[C@@](O)(CN2CCN(S(N)(=O)=O)CC2)C1=O. The summed E-state index contributed by atoms with van der Waals surface area (Å²) >= 11 is 0. The lowest BCUT2D eigenvalue weighted by atomic mass is 9.91. The number of ether oxygens (including phenoxy) is 1. The first-order valence-electron chi connectivity index (χ1n) is 7.77. The van der Waals surface area contributed by atoms with E-state index < -0.39 is 15.8 Å². The number of rotatable bonds is 6. The van der Waals surface area contributed by atoms with E-state index in [2.05, 4.69) is 0 Å². The van der Waals surface area contributed by atoms with Crippen molar-refractivity contribution in [1.82, 2.24) is 14.1 Å². The van der Waals surface area contributed by atoms with Crippen molar-refractivity contribution in [3.05, 3.63) is 0 Å². The Hall–Kier alpha value is -0.780. The third kappa shape index (κ3) is 4.61. The van der Waals surface area contributed by atoms with Crippen LogP contribution in [-0.2, 0) is 19.7 Å². The predicted octanol–water partition coefficient (Wildman–Crippen LogP) is -2.19. The molecule has 0 aromatic carbocycles. The van der Waals surface area contributed by atoms with E-state index in [0.717, 1.165) is 6.42 Å². The number of β-amino-alcohol motifs (C(OH)–C–C–N with tert-alkyl or cyclic N) is 1. The third-order valence-corrected chi connectivity index (χ3v) is 5.53. The van der Waals surface area contributed by atoms with Crippen LogP contribution in [0.3, 0.4) is 0 Å². The number of nitrogens with two attached hydrogens (primary N) is 1. The number of carbonyl (C=O) groups excluding carboxylic acids is 1. The summed E-state index contributed by atoms with van der Waals surface area (Å²) in [6.45, 7) is 3.20. The second-order valence-electron chi connectivity index (χ2n) is 6.14. The highest BCUT2D eigenvalue weighted by atomic mass is 32.2. The number of hydrogen-bond donors (Lipinski definition) is 2. The molecule has 2 saturated heterocycles. The van der Waals surface area contributed by atoms with Gasteiger partial charge >= 0.3 is 0 Å². The molecule has 10 heteroatoms. The lowest BCUT2D eigenvalue weighted by molar-refractivity contribution is -0.160. The Balaban J connectivity index is 1.92. The van der Waals surface area contributed by atoms with Crippen molar-refractivity contribution < 1.29 is 23.1 Å². The van der Waals surface area contributed by atoms with E-state index in [-0.39, 0.29) is 25.5 Å². The van der Waals surface area contributed by atoms with Crippen molar-refractivity contribution in [2.45, 2.75) is 18.4 Å². The summed E-state index contributed by atoms with van der Waals surface area (Å²) in [5, 5.41) is 15.9. The zero-order valence-electron chi connectivity index (χ0n) is 13.5. The first-order chi connectivity index (χ1) is 10.8. The van der Waals surface area contributed by atoms with E-state index in [1.807, 2.05) is 4.90 Å². The summed E-state index contributed by atoms with van der Waals surface area (Å²) in [5.41, 5.74) is -1.41. The molecule has 0 aromatic rings. The Labute approximate surface area is 137 Å². The van der Waals surface area contributed by atoms with Crippen LogP contribution < -0.4 is 5.14 Å². The van der Waals surface area contributed by atoms with E-state index in [4.69, 9.17) is 9.88 Å². The molecular weight excluding hydrogens is 324 g/mol. The molecule has 0 unspecified atom stereocenters. The number of carbonyl (C=O) groups is 1. The van der Waals surface area contributed by atoms with Crippen molar-refractivity contribution in [3.63, 3.8) is 0 Å². The number of likely N-dealkylation sites (tertiary alicyclic amines) is 1. The Bertz CT molecular complexity index is 520. The molecule has 0 saturated carbocycles. The largest absolute Gasteiger partial charge is 0.383 e. The minimum absolute atomic E-state index is 0.216. The highest BCUT2D eigenvalue weighted by molar-refractivity contribution is 7.86. The maximum absolute atomic E-state index is 12.5. The normalized spacial score (nSPS) is 28.3. The van der Waals surface area contributed by atoms with Gasteiger partial charge in [-0.3, -0.25) is 9.69 Å². The summed E-state index contributed by atoms with van der Waals surface area (Å²) in [6, 6.07) is 0. The lowest BCUT2D eigenvalue weighted by Crippen LogP contribution is -2.61. The molecule has 2 heterocycles. The second-order valence-corrected chi connectivity index (χ2v) is 7.69. The average Bonchev–Trinajstić information content (AvgIpc) is 2.48. The number of piperazine rings is 1. The Kier molecular flexibility index (Phi) is 5.98. The van der Waals surface area contributed by atoms with Crippen LogP contribution >= 0.6 is 0 Å². The Morgan fingerprint density at radius 2 is 1.91 bits per heavy atom. The minimum atomic E-state index is -3.67. The first kappa shape index (κ1) is 18.6. The molecule has 1 amide bonds. The molecular formula is C13H26N4O5S. The van der Waals surface area contributed by atoms with Gasteiger partial charge in [-0.15, -0.1) is 0 Å². The van der Waals surface area contributed by atoms with Gasteiger partial charge in [0.25, 0.3) is 16.1 Å². The van der Waals surface area contributed by atoms with Crippen molar-refractivity contribution >= 4 is 16.1 Å². The molecule has 1 atom stereocenters. The molecule has 2 aliphatic heterocycles. The smallest absolute Gasteiger partial charge is 0.276 e. The molecule has 0 bridgehead atoms. The average molecular weight is 350 g/mol. The quantitative estimate of drug-likeness (QED) is 0.562. The first-order valence-corrected chi connectivity index (χ1v) is 9.27. The topological polar surface area (TPSA) is 116 Å². The molecule has 134 valence electrons. The fraction of sp³-hybridized carbons (Fsp3) is 0.923. The van der Waals surface area contributed by atoms with Gasteiger partial charge in [-0.25, -0.2) is 5.14 Å².